The van der Waals surface area contributed by atoms with Gasteiger partial charge in [-0.15, -0.1) is 0 Å². The second kappa shape index (κ2) is 7.09. The molecule has 0 fully saturated rings. The molecule has 0 radical (unpaired) electrons. The molecule has 0 spiro atoms. The van der Waals surface area contributed by atoms with Crippen LogP contribution < -0.4 is 5.32 Å². The lowest BCUT2D eigenvalue weighted by molar-refractivity contribution is 0.491. The smallest absolute Gasteiger partial charge is 0.0147 e. The Bertz CT molecular complexity index is 78.0. The maximum atomic E-state index is 3.52. The van der Waals surface area contributed by atoms with Crippen LogP contribution in [0.2, 0.25) is 0 Å². The zero-order chi connectivity index (χ0) is 7.98. The minimum atomic E-state index is 0.665. The summed E-state index contributed by atoms with van der Waals surface area (Å²) in [5, 5.41) is 3.52. The summed E-state index contributed by atoms with van der Waals surface area (Å²) in [5.74, 6) is 0. The highest BCUT2D eigenvalue weighted by molar-refractivity contribution is 14.1. The third-order valence-corrected chi connectivity index (χ3v) is 3.29. The van der Waals surface area contributed by atoms with Crippen LogP contribution >= 0.6 is 45.2 Å². The molecule has 0 amide bonds. The van der Waals surface area contributed by atoms with Crippen LogP contribution in [0.25, 0.3) is 0 Å². The summed E-state index contributed by atoms with van der Waals surface area (Å²) in [6.45, 7) is 4.48. The molecule has 0 aliphatic heterocycles. The quantitative estimate of drug-likeness (QED) is 0.582. The molecule has 0 aliphatic carbocycles. The highest BCUT2D eigenvalue weighted by Gasteiger charge is 2.03. The van der Waals surface area contributed by atoms with Gasteiger partial charge >= 0.3 is 0 Å². The van der Waals surface area contributed by atoms with Crippen molar-refractivity contribution in [3.63, 3.8) is 0 Å². The van der Waals surface area contributed by atoms with Gasteiger partial charge in [0, 0.05) is 20.9 Å². The summed E-state index contributed by atoms with van der Waals surface area (Å²) in [6.07, 6.45) is 1.28. The SMILES string of the molecule is CC(CCI)N[C@@H](C)CI. The van der Waals surface area contributed by atoms with Gasteiger partial charge < -0.3 is 5.32 Å². The molecule has 2 atom stereocenters. The Morgan fingerprint density at radius 2 is 1.80 bits per heavy atom. The first-order valence-electron chi connectivity index (χ1n) is 3.58. The first-order valence-corrected chi connectivity index (χ1v) is 6.63. The largest absolute Gasteiger partial charge is 0.311 e. The second-order valence-corrected chi connectivity index (χ2v) is 4.56. The average Bonchev–Trinajstić information content (AvgIpc) is 1.88. The van der Waals surface area contributed by atoms with E-state index in [1.807, 2.05) is 0 Å². The molecule has 0 aromatic carbocycles. The van der Waals surface area contributed by atoms with E-state index in [0.717, 1.165) is 0 Å². The summed E-state index contributed by atoms with van der Waals surface area (Å²) >= 11 is 4.83. The summed E-state index contributed by atoms with van der Waals surface area (Å²) in [5.41, 5.74) is 0. The van der Waals surface area contributed by atoms with E-state index in [0.29, 0.717) is 12.1 Å². The average molecular weight is 367 g/mol. The third kappa shape index (κ3) is 6.15. The Hall–Kier alpha value is 1.42. The zero-order valence-electron chi connectivity index (χ0n) is 6.53. The van der Waals surface area contributed by atoms with E-state index in [4.69, 9.17) is 0 Å². The molecule has 0 aromatic heterocycles. The molecule has 0 aliphatic rings. The lowest BCUT2D eigenvalue weighted by Gasteiger charge is -2.16. The summed E-state index contributed by atoms with van der Waals surface area (Å²) in [6, 6.07) is 1.35. The highest BCUT2D eigenvalue weighted by atomic mass is 127. The third-order valence-electron chi connectivity index (χ3n) is 1.34. The number of hydrogen-bond donors (Lipinski definition) is 1. The fourth-order valence-electron chi connectivity index (χ4n) is 0.777. The molecule has 1 unspecified atom stereocenters. The van der Waals surface area contributed by atoms with Crippen molar-refractivity contribution in [2.75, 3.05) is 8.86 Å². The topological polar surface area (TPSA) is 12.0 Å². The van der Waals surface area contributed by atoms with Crippen LogP contribution in [0.3, 0.4) is 0 Å². The molecule has 0 aromatic rings. The van der Waals surface area contributed by atoms with Gasteiger partial charge in [0.15, 0.2) is 0 Å². The molecule has 1 nitrogen and oxygen atoms in total. The van der Waals surface area contributed by atoms with Crippen LogP contribution in [0, 0.1) is 0 Å². The molecule has 3 heteroatoms. The van der Waals surface area contributed by atoms with Gasteiger partial charge in [-0.1, -0.05) is 45.2 Å². The maximum absolute atomic E-state index is 3.52. The van der Waals surface area contributed by atoms with E-state index in [1.54, 1.807) is 0 Å². The molecule has 0 heterocycles. The van der Waals surface area contributed by atoms with Gasteiger partial charge in [0.05, 0.1) is 0 Å². The minimum Gasteiger partial charge on any atom is -0.311 e. The second-order valence-electron chi connectivity index (χ2n) is 2.60. The molecule has 1 N–H and O–H groups in total. The molecule has 10 heavy (non-hydrogen) atoms. The zero-order valence-corrected chi connectivity index (χ0v) is 10.8. The number of hydrogen-bond acceptors (Lipinski definition) is 1. The Kier molecular flexibility index (Phi) is 8.10. The highest BCUT2D eigenvalue weighted by Crippen LogP contribution is 1.98. The maximum Gasteiger partial charge on any atom is 0.0147 e. The Balaban J connectivity index is 3.27. The van der Waals surface area contributed by atoms with Gasteiger partial charge in [-0.2, -0.15) is 0 Å². The predicted molar refractivity (Wildman–Crippen MR) is 64.5 cm³/mol. The van der Waals surface area contributed by atoms with Crippen LogP contribution in [-0.4, -0.2) is 20.9 Å². The number of nitrogens with one attached hydrogen (secondary N) is 1. The lowest BCUT2D eigenvalue weighted by Crippen LogP contribution is -2.35. The Labute approximate surface area is 91.0 Å². The van der Waals surface area contributed by atoms with Gasteiger partial charge in [-0.3, -0.25) is 0 Å². The molecule has 62 valence electrons. The minimum absolute atomic E-state index is 0.665. The van der Waals surface area contributed by atoms with Crippen LogP contribution in [-0.2, 0) is 0 Å². The predicted octanol–water partition coefficient (Wildman–Crippen LogP) is 2.61. The van der Waals surface area contributed by atoms with Crippen LogP contribution in [0.15, 0.2) is 0 Å². The van der Waals surface area contributed by atoms with E-state index in [9.17, 15) is 0 Å². The van der Waals surface area contributed by atoms with Crippen LogP contribution in [0.4, 0.5) is 0 Å². The number of halogens is 2. The summed E-state index contributed by atoms with van der Waals surface area (Å²) in [4.78, 5) is 0. The van der Waals surface area contributed by atoms with Gasteiger partial charge in [0.2, 0.25) is 0 Å². The summed E-state index contributed by atoms with van der Waals surface area (Å²) in [7, 11) is 0. The van der Waals surface area contributed by atoms with E-state index >= 15 is 0 Å². The molecule has 0 rings (SSSR count). The van der Waals surface area contributed by atoms with Gasteiger partial charge in [-0.05, 0) is 20.3 Å². The first-order chi connectivity index (χ1) is 4.70. The van der Waals surface area contributed by atoms with E-state index in [-0.39, 0.29) is 0 Å². The number of alkyl halides is 2. The Morgan fingerprint density at radius 1 is 1.20 bits per heavy atom. The van der Waals surface area contributed by atoms with E-state index in [2.05, 4.69) is 64.3 Å². The van der Waals surface area contributed by atoms with Gasteiger partial charge in [0.1, 0.15) is 0 Å². The van der Waals surface area contributed by atoms with Gasteiger partial charge in [-0.25, -0.2) is 0 Å². The van der Waals surface area contributed by atoms with Crippen molar-refractivity contribution in [3.05, 3.63) is 0 Å². The molecule has 0 saturated heterocycles. The summed E-state index contributed by atoms with van der Waals surface area (Å²) < 4.78 is 2.45. The van der Waals surface area contributed by atoms with Crippen LogP contribution in [0.1, 0.15) is 20.3 Å². The van der Waals surface area contributed by atoms with Crippen molar-refractivity contribution in [1.29, 1.82) is 0 Å². The monoisotopic (exact) mass is 367 g/mol. The lowest BCUT2D eigenvalue weighted by atomic mass is 10.2. The van der Waals surface area contributed by atoms with E-state index in [1.165, 1.54) is 15.3 Å². The molecular weight excluding hydrogens is 352 g/mol. The standard InChI is InChI=1S/C7H15I2N/c1-6(3-4-8)10-7(2)5-9/h6-7,10H,3-5H2,1-2H3/t6?,7-/m0/s1. The fourth-order valence-corrected chi connectivity index (χ4v) is 1.97. The Morgan fingerprint density at radius 3 is 2.20 bits per heavy atom. The van der Waals surface area contributed by atoms with Crippen molar-refractivity contribution in [2.45, 2.75) is 32.4 Å². The van der Waals surface area contributed by atoms with Crippen molar-refractivity contribution in [2.24, 2.45) is 0 Å². The normalized spacial score (nSPS) is 16.8. The fraction of sp³-hybridized carbons (Fsp3) is 1.00. The molecule has 0 saturated carbocycles. The van der Waals surface area contributed by atoms with E-state index < -0.39 is 0 Å². The van der Waals surface area contributed by atoms with Gasteiger partial charge in [0.25, 0.3) is 0 Å². The first kappa shape index (κ1) is 11.4. The van der Waals surface area contributed by atoms with Crippen molar-refractivity contribution in [3.8, 4) is 0 Å². The molecular formula is C7H15I2N. The number of rotatable bonds is 5. The van der Waals surface area contributed by atoms with Crippen molar-refractivity contribution >= 4 is 45.2 Å². The van der Waals surface area contributed by atoms with Crippen LogP contribution in [0.5, 0.6) is 0 Å². The van der Waals surface area contributed by atoms with Crippen molar-refractivity contribution < 1.29 is 0 Å². The molecule has 0 bridgehead atoms. The van der Waals surface area contributed by atoms with Crippen molar-refractivity contribution in [1.82, 2.24) is 5.32 Å².